The summed E-state index contributed by atoms with van der Waals surface area (Å²) in [5.41, 5.74) is -1.29. The van der Waals surface area contributed by atoms with E-state index < -0.39 is 29.0 Å². The van der Waals surface area contributed by atoms with Gasteiger partial charge in [0.25, 0.3) is 5.56 Å². The maximum absolute atomic E-state index is 14.0. The van der Waals surface area contributed by atoms with E-state index in [1.165, 1.54) is 6.07 Å². The van der Waals surface area contributed by atoms with Gasteiger partial charge in [-0.25, -0.2) is 9.37 Å². The molecular formula is C20H18F4N2O2. The molecule has 0 unspecified atom stereocenters. The summed E-state index contributed by atoms with van der Waals surface area (Å²) in [5, 5.41) is 0. The number of nitrogens with zero attached hydrogens (tertiary/aromatic N) is 1. The van der Waals surface area contributed by atoms with Gasteiger partial charge in [0.1, 0.15) is 17.3 Å². The summed E-state index contributed by atoms with van der Waals surface area (Å²) in [7, 11) is 0. The van der Waals surface area contributed by atoms with Crippen molar-refractivity contribution in [2.45, 2.75) is 50.1 Å². The van der Waals surface area contributed by atoms with Gasteiger partial charge in [-0.1, -0.05) is 6.07 Å². The van der Waals surface area contributed by atoms with Crippen LogP contribution in [0, 0.1) is 11.7 Å². The molecule has 2 saturated carbocycles. The van der Waals surface area contributed by atoms with Gasteiger partial charge >= 0.3 is 6.18 Å². The smallest absolute Gasteiger partial charge is 0.310 e. The molecule has 4 nitrogen and oxygen atoms in total. The Balaban J connectivity index is 1.59. The van der Waals surface area contributed by atoms with Gasteiger partial charge in [-0.15, -0.1) is 0 Å². The predicted octanol–water partition coefficient (Wildman–Crippen LogP) is 4.57. The zero-order valence-electron chi connectivity index (χ0n) is 14.9. The quantitative estimate of drug-likeness (QED) is 0.577. The maximum atomic E-state index is 14.0. The van der Waals surface area contributed by atoms with Gasteiger partial charge in [0.2, 0.25) is 0 Å². The second-order valence-electron chi connectivity index (χ2n) is 7.60. The summed E-state index contributed by atoms with van der Waals surface area (Å²) in [6, 6.07) is 3.98. The topological polar surface area (TPSA) is 62.8 Å². The van der Waals surface area contributed by atoms with E-state index >= 15 is 0 Å². The third kappa shape index (κ3) is 4.00. The average Bonchev–Trinajstić information content (AvgIpc) is 3.50. The number of ketones is 1. The number of aromatic nitrogens is 2. The summed E-state index contributed by atoms with van der Waals surface area (Å²) in [6.07, 6.45) is -1.29. The lowest BCUT2D eigenvalue weighted by Crippen LogP contribution is -2.18. The normalized spacial score (nSPS) is 18.1. The lowest BCUT2D eigenvalue weighted by molar-refractivity contribution is -0.140. The average molecular weight is 394 g/mol. The third-order valence-electron chi connectivity index (χ3n) is 5.33. The number of carbonyl (C=O) groups excluding carboxylic acids is 1. The number of nitrogens with one attached hydrogen (secondary N) is 1. The van der Waals surface area contributed by atoms with E-state index in [-0.39, 0.29) is 29.7 Å². The van der Waals surface area contributed by atoms with Crippen molar-refractivity contribution in [2.75, 3.05) is 0 Å². The van der Waals surface area contributed by atoms with E-state index in [0.717, 1.165) is 43.9 Å². The Kier molecular flexibility index (Phi) is 4.59. The number of hydrogen-bond donors (Lipinski definition) is 1. The molecule has 1 aromatic carbocycles. The molecule has 28 heavy (non-hydrogen) atoms. The lowest BCUT2D eigenvalue weighted by Gasteiger charge is -2.17. The Bertz CT molecular complexity index is 975. The van der Waals surface area contributed by atoms with Crippen molar-refractivity contribution in [3.05, 3.63) is 63.1 Å². The van der Waals surface area contributed by atoms with Crippen molar-refractivity contribution < 1.29 is 22.4 Å². The van der Waals surface area contributed by atoms with Crippen LogP contribution in [0.2, 0.25) is 0 Å². The standard InChI is InChI=1S/C20H18F4N2O2/c21-15-7-12(5-6-14(15)20(22,23)24)13(10-1-2-10)8-17(27)16-9-18(28)26-19(25-16)11-3-4-11/h5-7,9-11,13H,1-4,8H2,(H,25,26,28)/t13-/m1/s1. The highest BCUT2D eigenvalue weighted by molar-refractivity contribution is 5.94. The summed E-state index contributed by atoms with van der Waals surface area (Å²) in [4.78, 5) is 31.4. The van der Waals surface area contributed by atoms with Crippen molar-refractivity contribution in [1.82, 2.24) is 9.97 Å². The maximum Gasteiger partial charge on any atom is 0.419 e. The zero-order chi connectivity index (χ0) is 20.1. The number of carbonyl (C=O) groups is 1. The van der Waals surface area contributed by atoms with E-state index in [9.17, 15) is 27.2 Å². The molecule has 2 aliphatic rings. The van der Waals surface area contributed by atoms with Crippen LogP contribution in [0.4, 0.5) is 17.6 Å². The monoisotopic (exact) mass is 394 g/mol. The molecule has 8 heteroatoms. The number of aromatic amines is 1. The molecule has 1 aromatic heterocycles. The Morgan fingerprint density at radius 2 is 1.89 bits per heavy atom. The van der Waals surface area contributed by atoms with Crippen molar-refractivity contribution >= 4 is 5.78 Å². The third-order valence-corrected chi connectivity index (χ3v) is 5.33. The van der Waals surface area contributed by atoms with E-state index in [1.54, 1.807) is 0 Å². The molecule has 1 atom stereocenters. The molecule has 0 saturated heterocycles. The molecule has 1 N–H and O–H groups in total. The predicted molar refractivity (Wildman–Crippen MR) is 92.6 cm³/mol. The van der Waals surface area contributed by atoms with Crippen LogP contribution in [0.25, 0.3) is 0 Å². The molecule has 0 spiro atoms. The van der Waals surface area contributed by atoms with Crippen molar-refractivity contribution in [2.24, 2.45) is 5.92 Å². The van der Waals surface area contributed by atoms with Gasteiger partial charge in [0.05, 0.1) is 5.56 Å². The van der Waals surface area contributed by atoms with Gasteiger partial charge in [0.15, 0.2) is 5.78 Å². The van der Waals surface area contributed by atoms with E-state index in [4.69, 9.17) is 0 Å². The second-order valence-corrected chi connectivity index (χ2v) is 7.60. The van der Waals surface area contributed by atoms with Gasteiger partial charge in [-0.2, -0.15) is 13.2 Å². The fourth-order valence-electron chi connectivity index (χ4n) is 3.52. The number of Topliss-reactive ketones (excluding diaryl/α,β-unsaturated/α-hetero) is 1. The highest BCUT2D eigenvalue weighted by Crippen LogP contribution is 2.46. The first-order valence-corrected chi connectivity index (χ1v) is 9.23. The van der Waals surface area contributed by atoms with Crippen LogP contribution in [0.15, 0.2) is 29.1 Å². The van der Waals surface area contributed by atoms with Crippen molar-refractivity contribution in [3.8, 4) is 0 Å². The summed E-state index contributed by atoms with van der Waals surface area (Å²) in [6.45, 7) is 0. The van der Waals surface area contributed by atoms with Crippen LogP contribution < -0.4 is 5.56 Å². The van der Waals surface area contributed by atoms with Crippen molar-refractivity contribution in [3.63, 3.8) is 0 Å². The fourth-order valence-corrected chi connectivity index (χ4v) is 3.52. The minimum atomic E-state index is -4.76. The first kappa shape index (κ1) is 18.8. The van der Waals surface area contributed by atoms with Gasteiger partial charge in [-0.05, 0) is 55.2 Å². The molecule has 2 aliphatic carbocycles. The molecule has 1 heterocycles. The molecular weight excluding hydrogens is 376 g/mol. The first-order chi connectivity index (χ1) is 13.2. The van der Waals surface area contributed by atoms with Crippen LogP contribution >= 0.6 is 0 Å². The zero-order valence-corrected chi connectivity index (χ0v) is 14.9. The van der Waals surface area contributed by atoms with Gasteiger partial charge < -0.3 is 4.98 Å². The number of alkyl halides is 3. The lowest BCUT2D eigenvalue weighted by atomic mass is 9.88. The number of rotatable bonds is 6. The Hall–Kier alpha value is -2.51. The number of H-pyrrole nitrogens is 1. The molecule has 4 rings (SSSR count). The molecule has 0 radical (unpaired) electrons. The molecule has 0 aliphatic heterocycles. The Labute approximate surface area is 158 Å². The number of halogens is 4. The van der Waals surface area contributed by atoms with Crippen LogP contribution in [0.3, 0.4) is 0 Å². The summed E-state index contributed by atoms with van der Waals surface area (Å²) < 4.78 is 52.4. The van der Waals surface area contributed by atoms with Crippen molar-refractivity contribution in [1.29, 1.82) is 0 Å². The molecule has 148 valence electrons. The Morgan fingerprint density at radius 1 is 1.18 bits per heavy atom. The van der Waals surface area contributed by atoms with Crippen LogP contribution in [0.1, 0.15) is 71.4 Å². The van der Waals surface area contributed by atoms with Gasteiger partial charge in [0, 0.05) is 18.4 Å². The highest BCUT2D eigenvalue weighted by Gasteiger charge is 2.37. The molecule has 2 aromatic rings. The first-order valence-electron chi connectivity index (χ1n) is 9.23. The number of hydrogen-bond acceptors (Lipinski definition) is 3. The second kappa shape index (κ2) is 6.83. The van der Waals surface area contributed by atoms with Gasteiger partial charge in [-0.3, -0.25) is 9.59 Å². The fraction of sp³-hybridized carbons (Fsp3) is 0.450. The van der Waals surface area contributed by atoms with Crippen LogP contribution in [-0.2, 0) is 6.18 Å². The minimum absolute atomic E-state index is 0.0178. The van der Waals surface area contributed by atoms with E-state index in [0.29, 0.717) is 11.4 Å². The highest BCUT2D eigenvalue weighted by atomic mass is 19.4. The summed E-state index contributed by atoms with van der Waals surface area (Å²) >= 11 is 0. The molecule has 0 amide bonds. The van der Waals surface area contributed by atoms with E-state index in [1.807, 2.05) is 0 Å². The molecule has 2 fully saturated rings. The van der Waals surface area contributed by atoms with E-state index in [2.05, 4.69) is 9.97 Å². The Morgan fingerprint density at radius 3 is 2.46 bits per heavy atom. The van der Waals surface area contributed by atoms with Crippen LogP contribution in [-0.4, -0.2) is 15.8 Å². The van der Waals surface area contributed by atoms with Crippen LogP contribution in [0.5, 0.6) is 0 Å². The minimum Gasteiger partial charge on any atom is -0.310 e. The SMILES string of the molecule is O=C(C[C@@H](c1ccc(C(F)(F)F)c(F)c1)C1CC1)c1cc(=O)[nH]c(C2CC2)n1. The molecule has 0 bridgehead atoms. The summed E-state index contributed by atoms with van der Waals surface area (Å²) in [5.74, 6) is -1.30. The number of benzene rings is 1. The largest absolute Gasteiger partial charge is 0.419 e.